The van der Waals surface area contributed by atoms with Crippen LogP contribution in [0.15, 0.2) is 18.2 Å². The van der Waals surface area contributed by atoms with Gasteiger partial charge in [0.25, 0.3) is 0 Å². The van der Waals surface area contributed by atoms with E-state index in [1.165, 1.54) is 4.90 Å². The van der Waals surface area contributed by atoms with E-state index in [1.54, 1.807) is 14.0 Å². The van der Waals surface area contributed by atoms with Crippen molar-refractivity contribution >= 4 is 17.6 Å². The van der Waals surface area contributed by atoms with Gasteiger partial charge in [-0.15, -0.1) is 0 Å². The van der Waals surface area contributed by atoms with Gasteiger partial charge in [0.1, 0.15) is 0 Å². The van der Waals surface area contributed by atoms with E-state index in [-0.39, 0.29) is 6.61 Å². The summed E-state index contributed by atoms with van der Waals surface area (Å²) in [7, 11) is 1.56. The summed E-state index contributed by atoms with van der Waals surface area (Å²) in [5.41, 5.74) is 2.78. The molecule has 0 fully saturated rings. The van der Waals surface area contributed by atoms with Crippen LogP contribution in [0.4, 0.5) is 5.69 Å². The topological polar surface area (TPSA) is 46.6 Å². The molecule has 0 heterocycles. The minimum absolute atomic E-state index is 0.200. The molecule has 0 radical (unpaired) electrons. The first-order valence-electron chi connectivity index (χ1n) is 5.48. The summed E-state index contributed by atoms with van der Waals surface area (Å²) in [6.45, 7) is 5.76. The highest BCUT2D eigenvalue weighted by Gasteiger charge is 2.21. The van der Waals surface area contributed by atoms with Crippen molar-refractivity contribution in [2.45, 2.75) is 20.8 Å². The molecule has 0 saturated carbocycles. The number of benzene rings is 1. The monoisotopic (exact) mass is 235 g/mol. The molecule has 4 heteroatoms. The summed E-state index contributed by atoms with van der Waals surface area (Å²) in [6.07, 6.45) is 0. The molecular weight excluding hydrogens is 218 g/mol. The fraction of sp³-hybridized carbons (Fsp3) is 0.385. The van der Waals surface area contributed by atoms with Gasteiger partial charge in [0.05, 0.1) is 6.61 Å². The number of hydrogen-bond donors (Lipinski definition) is 0. The molecule has 1 amide bonds. The van der Waals surface area contributed by atoms with Gasteiger partial charge in [-0.25, -0.2) is 4.79 Å². The first-order chi connectivity index (χ1) is 7.95. The van der Waals surface area contributed by atoms with Gasteiger partial charge >= 0.3 is 11.9 Å². The van der Waals surface area contributed by atoms with E-state index in [2.05, 4.69) is 4.74 Å². The molecule has 0 bridgehead atoms. The van der Waals surface area contributed by atoms with E-state index < -0.39 is 11.9 Å². The van der Waals surface area contributed by atoms with Crippen molar-refractivity contribution in [2.75, 3.05) is 18.6 Å². The Morgan fingerprint density at radius 1 is 1.18 bits per heavy atom. The zero-order valence-electron chi connectivity index (χ0n) is 10.6. The number of carbonyl (C=O) groups is 2. The molecule has 0 aliphatic rings. The molecule has 0 N–H and O–H groups in total. The molecular formula is C13H17NO3. The number of nitrogens with zero attached hydrogens (tertiary/aromatic N) is 1. The van der Waals surface area contributed by atoms with Gasteiger partial charge < -0.3 is 9.64 Å². The summed E-state index contributed by atoms with van der Waals surface area (Å²) in [5.74, 6) is -1.48. The largest absolute Gasteiger partial charge is 0.459 e. The molecule has 17 heavy (non-hydrogen) atoms. The molecule has 0 atom stereocenters. The first kappa shape index (κ1) is 13.2. The second-order valence-electron chi connectivity index (χ2n) is 3.93. The van der Waals surface area contributed by atoms with Crippen LogP contribution in [-0.2, 0) is 14.3 Å². The Kier molecular flexibility index (Phi) is 4.26. The third-order valence-corrected chi connectivity index (χ3v) is 2.35. The van der Waals surface area contributed by atoms with Crippen molar-refractivity contribution in [2.24, 2.45) is 0 Å². The molecule has 1 aromatic rings. The summed E-state index contributed by atoms with van der Waals surface area (Å²) in [6, 6.07) is 5.71. The van der Waals surface area contributed by atoms with Crippen LogP contribution < -0.4 is 4.90 Å². The van der Waals surface area contributed by atoms with Gasteiger partial charge in [-0.05, 0) is 44.0 Å². The predicted molar refractivity (Wildman–Crippen MR) is 66.0 cm³/mol. The van der Waals surface area contributed by atoms with Crippen LogP contribution in [0.2, 0.25) is 0 Å². The Balaban J connectivity index is 2.92. The third-order valence-electron chi connectivity index (χ3n) is 2.35. The van der Waals surface area contributed by atoms with Crippen LogP contribution in [0.25, 0.3) is 0 Å². The number of likely N-dealkylation sites (N-methyl/N-ethyl adjacent to an activating group) is 1. The lowest BCUT2D eigenvalue weighted by Gasteiger charge is -2.17. The number of rotatable bonds is 2. The lowest BCUT2D eigenvalue weighted by molar-refractivity contribution is -0.153. The van der Waals surface area contributed by atoms with Crippen LogP contribution in [0.1, 0.15) is 18.1 Å². The van der Waals surface area contributed by atoms with Gasteiger partial charge in [0.2, 0.25) is 0 Å². The average molecular weight is 235 g/mol. The number of amides is 1. The molecule has 1 rings (SSSR count). The Morgan fingerprint density at radius 3 is 2.18 bits per heavy atom. The van der Waals surface area contributed by atoms with E-state index in [0.29, 0.717) is 5.69 Å². The zero-order valence-corrected chi connectivity index (χ0v) is 10.6. The maximum Gasteiger partial charge on any atom is 0.397 e. The van der Waals surface area contributed by atoms with Gasteiger partial charge in [-0.2, -0.15) is 0 Å². The first-order valence-corrected chi connectivity index (χ1v) is 5.48. The third kappa shape index (κ3) is 3.31. The van der Waals surface area contributed by atoms with Crippen molar-refractivity contribution in [3.05, 3.63) is 29.3 Å². The molecule has 0 aliphatic heterocycles. The van der Waals surface area contributed by atoms with Crippen LogP contribution in [-0.4, -0.2) is 25.5 Å². The molecule has 92 valence electrons. The quantitative estimate of drug-likeness (QED) is 0.580. The van der Waals surface area contributed by atoms with Gasteiger partial charge in [-0.3, -0.25) is 4.79 Å². The number of aryl methyl sites for hydroxylation is 2. The highest BCUT2D eigenvalue weighted by Crippen LogP contribution is 2.17. The molecule has 0 aliphatic carbocycles. The Bertz CT molecular complexity index is 420. The number of anilines is 1. The Morgan fingerprint density at radius 2 is 1.71 bits per heavy atom. The maximum atomic E-state index is 11.7. The van der Waals surface area contributed by atoms with Gasteiger partial charge in [0, 0.05) is 12.7 Å². The molecule has 1 aromatic carbocycles. The molecule has 0 spiro atoms. The van der Waals surface area contributed by atoms with Crippen LogP contribution in [0.5, 0.6) is 0 Å². The van der Waals surface area contributed by atoms with Crippen molar-refractivity contribution in [1.29, 1.82) is 0 Å². The molecule has 0 aromatic heterocycles. The highest BCUT2D eigenvalue weighted by atomic mass is 16.5. The fourth-order valence-electron chi connectivity index (χ4n) is 1.59. The van der Waals surface area contributed by atoms with E-state index in [1.807, 2.05) is 32.0 Å². The van der Waals surface area contributed by atoms with Crippen molar-refractivity contribution < 1.29 is 14.3 Å². The molecule has 0 saturated heterocycles. The molecule has 4 nitrogen and oxygen atoms in total. The van der Waals surface area contributed by atoms with E-state index in [0.717, 1.165) is 11.1 Å². The maximum absolute atomic E-state index is 11.7. The van der Waals surface area contributed by atoms with Crippen LogP contribution in [0, 0.1) is 13.8 Å². The number of carbonyl (C=O) groups excluding carboxylic acids is 2. The van der Waals surface area contributed by atoms with Crippen LogP contribution >= 0.6 is 0 Å². The summed E-state index contributed by atoms with van der Waals surface area (Å²) < 4.78 is 4.68. The average Bonchev–Trinajstić information content (AvgIpc) is 2.26. The Labute approximate surface area is 101 Å². The summed E-state index contributed by atoms with van der Waals surface area (Å²) in [5, 5.41) is 0. The molecule has 0 unspecified atom stereocenters. The zero-order chi connectivity index (χ0) is 13.0. The van der Waals surface area contributed by atoms with Gasteiger partial charge in [-0.1, -0.05) is 6.07 Å². The standard InChI is InChI=1S/C13H17NO3/c1-5-17-13(16)12(15)14(4)11-7-9(2)6-10(3)8-11/h6-8H,5H2,1-4H3. The van der Waals surface area contributed by atoms with Crippen LogP contribution in [0.3, 0.4) is 0 Å². The van der Waals surface area contributed by atoms with Crippen molar-refractivity contribution in [3.8, 4) is 0 Å². The summed E-state index contributed by atoms with van der Waals surface area (Å²) in [4.78, 5) is 24.3. The smallest absolute Gasteiger partial charge is 0.397 e. The van der Waals surface area contributed by atoms with E-state index >= 15 is 0 Å². The second-order valence-corrected chi connectivity index (χ2v) is 3.93. The number of hydrogen-bond acceptors (Lipinski definition) is 3. The lowest BCUT2D eigenvalue weighted by atomic mass is 10.1. The van der Waals surface area contributed by atoms with Crippen molar-refractivity contribution in [3.63, 3.8) is 0 Å². The predicted octanol–water partition coefficient (Wildman–Crippen LogP) is 1.83. The fourth-order valence-corrected chi connectivity index (χ4v) is 1.59. The number of ether oxygens (including phenoxy) is 1. The minimum Gasteiger partial charge on any atom is -0.459 e. The Hall–Kier alpha value is -1.84. The normalized spacial score (nSPS) is 9.88. The second kappa shape index (κ2) is 5.48. The summed E-state index contributed by atoms with van der Waals surface area (Å²) >= 11 is 0. The highest BCUT2D eigenvalue weighted by molar-refractivity contribution is 6.37. The van der Waals surface area contributed by atoms with Gasteiger partial charge in [0.15, 0.2) is 0 Å². The SMILES string of the molecule is CCOC(=O)C(=O)N(C)c1cc(C)cc(C)c1. The lowest BCUT2D eigenvalue weighted by Crippen LogP contribution is -2.34. The number of esters is 1. The van der Waals surface area contributed by atoms with Crippen molar-refractivity contribution in [1.82, 2.24) is 0 Å². The minimum atomic E-state index is -0.825. The van der Waals surface area contributed by atoms with E-state index in [4.69, 9.17) is 0 Å². The van der Waals surface area contributed by atoms with E-state index in [9.17, 15) is 9.59 Å².